The predicted octanol–water partition coefficient (Wildman–Crippen LogP) is 3.67. The molecule has 1 aliphatic rings. The average Bonchev–Trinajstić information content (AvgIpc) is 3.27. The number of nitrogens with one attached hydrogen (secondary N) is 1. The number of carbonyl (C=O) groups excluding carboxylic acids is 1. The Balaban J connectivity index is 1.52. The van der Waals surface area contributed by atoms with Gasteiger partial charge < -0.3 is 5.32 Å². The van der Waals surface area contributed by atoms with Crippen LogP contribution in [0.25, 0.3) is 4.96 Å². The van der Waals surface area contributed by atoms with Crippen LogP contribution in [0.1, 0.15) is 18.5 Å². The van der Waals surface area contributed by atoms with Gasteiger partial charge in [-0.1, -0.05) is 23.2 Å². The largest absolute Gasteiger partial charge is 0.323 e. The SMILES string of the molecule is O=C(Nc1cc(Cl)ccc1Cl)[C@H]1CCCN1Cc1cc(=O)n2ccsc2n1. The molecule has 1 N–H and O–H groups in total. The minimum absolute atomic E-state index is 0.109. The lowest BCUT2D eigenvalue weighted by molar-refractivity contribution is -0.120. The lowest BCUT2D eigenvalue weighted by Gasteiger charge is -2.23. The fourth-order valence-electron chi connectivity index (χ4n) is 3.30. The van der Waals surface area contributed by atoms with Gasteiger partial charge in [0.25, 0.3) is 5.56 Å². The van der Waals surface area contributed by atoms with Crippen molar-refractivity contribution in [3.8, 4) is 0 Å². The fraction of sp³-hybridized carbons (Fsp3) is 0.278. The maximum absolute atomic E-state index is 12.8. The maximum Gasteiger partial charge on any atom is 0.258 e. The zero-order valence-corrected chi connectivity index (χ0v) is 16.5. The Hall–Kier alpha value is -1.93. The Kier molecular flexibility index (Phi) is 5.19. The molecule has 3 heterocycles. The summed E-state index contributed by atoms with van der Waals surface area (Å²) in [7, 11) is 0. The number of nitrogens with zero attached hydrogens (tertiary/aromatic N) is 3. The number of fused-ring (bicyclic) bond motifs is 1. The Bertz CT molecular complexity index is 1060. The molecule has 1 aromatic carbocycles. The first-order valence-electron chi connectivity index (χ1n) is 8.47. The van der Waals surface area contributed by atoms with Crippen molar-refractivity contribution in [1.29, 1.82) is 0 Å². The van der Waals surface area contributed by atoms with Gasteiger partial charge in [0.1, 0.15) is 0 Å². The van der Waals surface area contributed by atoms with E-state index in [1.54, 1.807) is 24.4 Å². The number of amides is 1. The van der Waals surface area contributed by atoms with E-state index in [0.717, 1.165) is 19.4 Å². The molecule has 1 aliphatic heterocycles. The second-order valence-electron chi connectivity index (χ2n) is 6.38. The number of aromatic nitrogens is 2. The van der Waals surface area contributed by atoms with Crippen LogP contribution in [-0.2, 0) is 11.3 Å². The first-order valence-corrected chi connectivity index (χ1v) is 10.1. The molecule has 3 aromatic rings. The van der Waals surface area contributed by atoms with Crippen molar-refractivity contribution in [2.24, 2.45) is 0 Å². The highest BCUT2D eigenvalue weighted by molar-refractivity contribution is 7.15. The number of halogens is 2. The van der Waals surface area contributed by atoms with Crippen LogP contribution in [0.5, 0.6) is 0 Å². The summed E-state index contributed by atoms with van der Waals surface area (Å²) in [5, 5.41) is 5.64. The van der Waals surface area contributed by atoms with Crippen LogP contribution >= 0.6 is 34.5 Å². The number of benzene rings is 1. The van der Waals surface area contributed by atoms with Gasteiger partial charge in [0.05, 0.1) is 22.4 Å². The highest BCUT2D eigenvalue weighted by Gasteiger charge is 2.31. The quantitative estimate of drug-likeness (QED) is 0.696. The second-order valence-corrected chi connectivity index (χ2v) is 8.10. The van der Waals surface area contributed by atoms with Crippen molar-refractivity contribution in [1.82, 2.24) is 14.3 Å². The van der Waals surface area contributed by atoms with Gasteiger partial charge in [-0.25, -0.2) is 4.98 Å². The Morgan fingerprint density at radius 2 is 2.19 bits per heavy atom. The summed E-state index contributed by atoms with van der Waals surface area (Å²) in [5.74, 6) is -0.134. The van der Waals surface area contributed by atoms with Gasteiger partial charge in [-0.2, -0.15) is 0 Å². The molecule has 9 heteroatoms. The summed E-state index contributed by atoms with van der Waals surface area (Å²) in [6, 6.07) is 6.18. The third kappa shape index (κ3) is 3.87. The highest BCUT2D eigenvalue weighted by atomic mass is 35.5. The molecule has 4 rings (SSSR count). The number of hydrogen-bond acceptors (Lipinski definition) is 5. The lowest BCUT2D eigenvalue weighted by atomic mass is 10.2. The van der Waals surface area contributed by atoms with Gasteiger partial charge in [-0.3, -0.25) is 18.9 Å². The van der Waals surface area contributed by atoms with Crippen molar-refractivity contribution in [2.75, 3.05) is 11.9 Å². The third-order valence-electron chi connectivity index (χ3n) is 4.57. The Morgan fingerprint density at radius 1 is 1.33 bits per heavy atom. The van der Waals surface area contributed by atoms with Crippen LogP contribution < -0.4 is 10.9 Å². The van der Waals surface area contributed by atoms with Gasteiger partial charge in [0, 0.05) is 29.2 Å². The van der Waals surface area contributed by atoms with E-state index < -0.39 is 0 Å². The first-order chi connectivity index (χ1) is 13.0. The Labute approximate surface area is 169 Å². The zero-order chi connectivity index (χ0) is 19.0. The van der Waals surface area contributed by atoms with E-state index in [0.29, 0.717) is 32.9 Å². The molecule has 1 amide bonds. The topological polar surface area (TPSA) is 66.7 Å². The van der Waals surface area contributed by atoms with Crippen molar-refractivity contribution in [2.45, 2.75) is 25.4 Å². The number of hydrogen-bond donors (Lipinski definition) is 1. The molecule has 27 heavy (non-hydrogen) atoms. The van der Waals surface area contributed by atoms with Crippen molar-refractivity contribution >= 4 is 51.1 Å². The minimum atomic E-state index is -0.302. The van der Waals surface area contributed by atoms with Gasteiger partial charge in [-0.05, 0) is 37.6 Å². The smallest absolute Gasteiger partial charge is 0.258 e. The predicted molar refractivity (Wildman–Crippen MR) is 108 cm³/mol. The van der Waals surface area contributed by atoms with E-state index in [9.17, 15) is 9.59 Å². The molecular formula is C18H16Cl2N4O2S. The molecular weight excluding hydrogens is 407 g/mol. The van der Waals surface area contributed by atoms with Crippen LogP contribution in [0, 0.1) is 0 Å². The zero-order valence-electron chi connectivity index (χ0n) is 14.2. The van der Waals surface area contributed by atoms with Gasteiger partial charge in [0.15, 0.2) is 4.96 Å². The van der Waals surface area contributed by atoms with E-state index >= 15 is 0 Å². The van der Waals surface area contributed by atoms with Gasteiger partial charge in [-0.15, -0.1) is 11.3 Å². The lowest BCUT2D eigenvalue weighted by Crippen LogP contribution is -2.39. The van der Waals surface area contributed by atoms with Crippen molar-refractivity contribution in [3.05, 3.63) is 61.9 Å². The molecule has 0 radical (unpaired) electrons. The number of carbonyl (C=O) groups is 1. The molecule has 0 spiro atoms. The second kappa shape index (κ2) is 7.59. The number of anilines is 1. The summed E-state index contributed by atoms with van der Waals surface area (Å²) in [6.07, 6.45) is 3.35. The maximum atomic E-state index is 12.8. The number of rotatable bonds is 4. The highest BCUT2D eigenvalue weighted by Crippen LogP contribution is 2.27. The average molecular weight is 423 g/mol. The molecule has 2 aromatic heterocycles. The normalized spacial score (nSPS) is 17.5. The molecule has 0 aliphatic carbocycles. The standard InChI is InChI=1S/C18H16Cl2N4O2S/c19-11-3-4-13(20)14(8-11)22-17(26)15-2-1-5-23(15)10-12-9-16(25)24-6-7-27-18(24)21-12/h3-4,6-9,15H,1-2,5,10H2,(H,22,26)/t15-/m1/s1. The van der Waals surface area contributed by atoms with Crippen molar-refractivity contribution < 1.29 is 4.79 Å². The molecule has 0 bridgehead atoms. The summed E-state index contributed by atoms with van der Waals surface area (Å²) < 4.78 is 1.52. The minimum Gasteiger partial charge on any atom is -0.323 e. The molecule has 1 saturated heterocycles. The molecule has 140 valence electrons. The van der Waals surface area contributed by atoms with Crippen LogP contribution in [-0.4, -0.2) is 32.8 Å². The van der Waals surface area contributed by atoms with E-state index in [1.807, 2.05) is 10.3 Å². The van der Waals surface area contributed by atoms with Crippen LogP contribution in [0.2, 0.25) is 10.0 Å². The van der Waals surface area contributed by atoms with Crippen LogP contribution in [0.3, 0.4) is 0 Å². The summed E-state index contributed by atoms with van der Waals surface area (Å²) >= 11 is 13.5. The molecule has 0 saturated carbocycles. The van der Waals surface area contributed by atoms with Crippen molar-refractivity contribution in [3.63, 3.8) is 0 Å². The molecule has 0 unspecified atom stereocenters. The van der Waals surface area contributed by atoms with E-state index in [1.165, 1.54) is 21.8 Å². The molecule has 1 fully saturated rings. The summed E-state index contributed by atoms with van der Waals surface area (Å²) in [6.45, 7) is 1.22. The van der Waals surface area contributed by atoms with Crippen LogP contribution in [0.4, 0.5) is 5.69 Å². The van der Waals surface area contributed by atoms with Gasteiger partial charge in [0.2, 0.25) is 5.91 Å². The van der Waals surface area contributed by atoms with Crippen LogP contribution in [0.15, 0.2) is 40.6 Å². The third-order valence-corrected chi connectivity index (χ3v) is 5.90. The van der Waals surface area contributed by atoms with E-state index in [2.05, 4.69) is 10.3 Å². The molecule has 6 nitrogen and oxygen atoms in total. The summed E-state index contributed by atoms with van der Waals surface area (Å²) in [5.41, 5.74) is 1.06. The monoisotopic (exact) mass is 422 g/mol. The summed E-state index contributed by atoms with van der Waals surface area (Å²) in [4.78, 5) is 32.2. The molecule has 1 atom stereocenters. The van der Waals surface area contributed by atoms with E-state index in [-0.39, 0.29) is 17.5 Å². The fourth-order valence-corrected chi connectivity index (χ4v) is 4.37. The Morgan fingerprint density at radius 3 is 3.04 bits per heavy atom. The number of likely N-dealkylation sites (tertiary alicyclic amines) is 1. The number of thiazole rings is 1. The van der Waals surface area contributed by atoms with E-state index in [4.69, 9.17) is 23.2 Å². The van der Waals surface area contributed by atoms with Gasteiger partial charge >= 0.3 is 0 Å². The first kappa shape index (κ1) is 18.4.